The topological polar surface area (TPSA) is 58.0 Å². The molecule has 4 unspecified atom stereocenters. The molecule has 0 saturated heterocycles. The third-order valence-corrected chi connectivity index (χ3v) is 7.16. The Morgan fingerprint density at radius 1 is 1.17 bits per heavy atom. The molecule has 0 radical (unpaired) electrons. The Labute approximate surface area is 140 Å². The Morgan fingerprint density at radius 3 is 2.61 bits per heavy atom. The van der Waals surface area contributed by atoms with Gasteiger partial charge in [-0.25, -0.2) is 0 Å². The van der Waals surface area contributed by atoms with E-state index in [4.69, 9.17) is 5.41 Å². The molecular weight excluding hydrogens is 286 g/mol. The van der Waals surface area contributed by atoms with Crippen molar-refractivity contribution >= 4 is 17.3 Å². The molecule has 23 heavy (non-hydrogen) atoms. The van der Waals surface area contributed by atoms with Crippen LogP contribution in [0.15, 0.2) is 0 Å². The fourth-order valence-electron chi connectivity index (χ4n) is 5.78. The summed E-state index contributed by atoms with van der Waals surface area (Å²) in [4.78, 5) is 24.7. The minimum Gasteiger partial charge on any atom is -0.310 e. The largest absolute Gasteiger partial charge is 0.310 e. The average Bonchev–Trinajstić information content (AvgIpc) is 2.94. The van der Waals surface area contributed by atoms with Crippen LogP contribution in [0, 0.1) is 34.5 Å². The lowest BCUT2D eigenvalue weighted by molar-refractivity contribution is -0.141. The van der Waals surface area contributed by atoms with E-state index in [0.717, 1.165) is 31.4 Å². The summed E-state index contributed by atoms with van der Waals surface area (Å²) in [6, 6.07) is 0. The lowest BCUT2D eigenvalue weighted by Crippen LogP contribution is -2.52. The number of carbonyl (C=O) groups is 2. The van der Waals surface area contributed by atoms with Crippen LogP contribution in [-0.4, -0.2) is 17.3 Å². The molecule has 3 fully saturated rings. The van der Waals surface area contributed by atoms with Gasteiger partial charge in [0.1, 0.15) is 11.6 Å². The minimum atomic E-state index is 0.0609. The first-order valence-electron chi connectivity index (χ1n) is 9.56. The number of unbranched alkanes of at least 4 members (excludes halogenated alkanes) is 1. The monoisotopic (exact) mass is 317 g/mol. The van der Waals surface area contributed by atoms with Gasteiger partial charge >= 0.3 is 0 Å². The van der Waals surface area contributed by atoms with E-state index in [1.807, 2.05) is 0 Å². The summed E-state index contributed by atoms with van der Waals surface area (Å²) in [7, 11) is 0. The van der Waals surface area contributed by atoms with Crippen LogP contribution in [0.2, 0.25) is 0 Å². The molecule has 1 N–H and O–H groups in total. The summed E-state index contributed by atoms with van der Waals surface area (Å²) in [5.74, 6) is 2.26. The van der Waals surface area contributed by atoms with Gasteiger partial charge in [-0.05, 0) is 55.3 Å². The molecule has 5 atom stereocenters. The van der Waals surface area contributed by atoms with Gasteiger partial charge in [-0.3, -0.25) is 9.59 Å². The van der Waals surface area contributed by atoms with Crippen molar-refractivity contribution in [3.05, 3.63) is 0 Å². The van der Waals surface area contributed by atoms with Crippen LogP contribution in [0.3, 0.4) is 0 Å². The molecule has 0 spiro atoms. The fourth-order valence-corrected chi connectivity index (χ4v) is 5.78. The van der Waals surface area contributed by atoms with Gasteiger partial charge in [0.15, 0.2) is 0 Å². The molecule has 0 aromatic heterocycles. The second kappa shape index (κ2) is 6.49. The molecular formula is C20H31NO2. The van der Waals surface area contributed by atoms with Crippen LogP contribution in [0.1, 0.15) is 78.1 Å². The molecule has 128 valence electrons. The molecule has 3 nitrogen and oxygen atoms in total. The predicted molar refractivity (Wildman–Crippen MR) is 91.7 cm³/mol. The first-order valence-corrected chi connectivity index (χ1v) is 9.56. The number of fused-ring (bicyclic) bond motifs is 1. The molecule has 0 heterocycles. The summed E-state index contributed by atoms with van der Waals surface area (Å²) in [6.45, 7) is 4.56. The van der Waals surface area contributed by atoms with Crippen molar-refractivity contribution in [2.75, 3.05) is 0 Å². The van der Waals surface area contributed by atoms with Crippen LogP contribution in [0.25, 0.3) is 0 Å². The first kappa shape index (κ1) is 16.9. The highest BCUT2D eigenvalue weighted by atomic mass is 16.1. The second-order valence-corrected chi connectivity index (χ2v) is 8.49. The van der Waals surface area contributed by atoms with Crippen molar-refractivity contribution in [2.24, 2.45) is 29.1 Å². The van der Waals surface area contributed by atoms with E-state index in [9.17, 15) is 9.59 Å². The van der Waals surface area contributed by atoms with Crippen LogP contribution in [0.4, 0.5) is 0 Å². The number of ketones is 2. The van der Waals surface area contributed by atoms with Gasteiger partial charge < -0.3 is 5.41 Å². The van der Waals surface area contributed by atoms with Crippen molar-refractivity contribution in [1.82, 2.24) is 0 Å². The van der Waals surface area contributed by atoms with E-state index in [1.54, 1.807) is 0 Å². The van der Waals surface area contributed by atoms with Gasteiger partial charge in [0.2, 0.25) is 0 Å². The standard InChI is InChI=1S/C20H31NO2/c1-3-4-5-17-16(13-6-7-15(22)10-13)12-19(23)18-11-14(21)8-9-20(17,18)2/h13,16-18,21H,3-12H2,1-2H3/t13?,16?,17?,18?,20-/m1/s1. The molecule has 0 amide bonds. The van der Waals surface area contributed by atoms with E-state index < -0.39 is 0 Å². The molecule has 0 bridgehead atoms. The number of nitrogens with one attached hydrogen (secondary N) is 1. The van der Waals surface area contributed by atoms with E-state index in [1.165, 1.54) is 19.3 Å². The molecule has 3 heteroatoms. The molecule has 3 aliphatic rings. The lowest BCUT2D eigenvalue weighted by Gasteiger charge is -2.54. The van der Waals surface area contributed by atoms with E-state index in [-0.39, 0.29) is 11.3 Å². The normalized spacial score (nSPS) is 41.2. The summed E-state index contributed by atoms with van der Waals surface area (Å²) in [5, 5.41) is 8.04. The Balaban J connectivity index is 1.89. The van der Waals surface area contributed by atoms with E-state index in [2.05, 4.69) is 13.8 Å². The molecule has 0 aromatic carbocycles. The Hall–Kier alpha value is -0.990. The Kier molecular flexibility index (Phi) is 4.75. The quantitative estimate of drug-likeness (QED) is 0.825. The van der Waals surface area contributed by atoms with Crippen LogP contribution in [0.5, 0.6) is 0 Å². The zero-order valence-electron chi connectivity index (χ0n) is 14.7. The zero-order chi connectivity index (χ0) is 16.6. The summed E-state index contributed by atoms with van der Waals surface area (Å²) >= 11 is 0. The van der Waals surface area contributed by atoms with Gasteiger partial charge in [-0.1, -0.05) is 26.7 Å². The van der Waals surface area contributed by atoms with Crippen molar-refractivity contribution in [3.63, 3.8) is 0 Å². The van der Waals surface area contributed by atoms with Crippen LogP contribution in [-0.2, 0) is 9.59 Å². The van der Waals surface area contributed by atoms with Crippen molar-refractivity contribution < 1.29 is 9.59 Å². The SMILES string of the molecule is CCCCC1C(C2CCC(=O)C2)CC(=O)C2CC(=N)CC[C@@]21C. The third-order valence-electron chi connectivity index (χ3n) is 7.16. The highest BCUT2D eigenvalue weighted by molar-refractivity contribution is 5.92. The van der Waals surface area contributed by atoms with Gasteiger partial charge in [0.25, 0.3) is 0 Å². The molecule has 3 aliphatic carbocycles. The fraction of sp³-hybridized carbons (Fsp3) is 0.850. The lowest BCUT2D eigenvalue weighted by atomic mass is 9.49. The molecule has 3 rings (SSSR count). The number of rotatable bonds is 4. The number of hydrogen-bond donors (Lipinski definition) is 1. The Morgan fingerprint density at radius 2 is 1.96 bits per heavy atom. The van der Waals surface area contributed by atoms with Gasteiger partial charge in [-0.15, -0.1) is 0 Å². The summed E-state index contributed by atoms with van der Waals surface area (Å²) in [6.07, 6.45) is 9.24. The van der Waals surface area contributed by atoms with E-state index >= 15 is 0 Å². The smallest absolute Gasteiger partial charge is 0.137 e. The van der Waals surface area contributed by atoms with E-state index in [0.29, 0.717) is 48.6 Å². The van der Waals surface area contributed by atoms with Crippen molar-refractivity contribution in [1.29, 1.82) is 5.41 Å². The third kappa shape index (κ3) is 3.04. The highest BCUT2D eigenvalue weighted by Crippen LogP contribution is 2.57. The maximum atomic E-state index is 12.9. The minimum absolute atomic E-state index is 0.0609. The van der Waals surface area contributed by atoms with Crippen molar-refractivity contribution in [3.8, 4) is 0 Å². The number of hydrogen-bond acceptors (Lipinski definition) is 3. The summed E-state index contributed by atoms with van der Waals surface area (Å²) < 4.78 is 0. The van der Waals surface area contributed by atoms with Gasteiger partial charge in [-0.2, -0.15) is 0 Å². The maximum absolute atomic E-state index is 12.9. The van der Waals surface area contributed by atoms with Crippen LogP contribution >= 0.6 is 0 Å². The zero-order valence-corrected chi connectivity index (χ0v) is 14.7. The average molecular weight is 317 g/mol. The molecule has 3 saturated carbocycles. The van der Waals surface area contributed by atoms with Gasteiger partial charge in [0.05, 0.1) is 0 Å². The highest BCUT2D eigenvalue weighted by Gasteiger charge is 2.55. The van der Waals surface area contributed by atoms with Crippen LogP contribution < -0.4 is 0 Å². The number of Topliss-reactive ketones (excluding diaryl/α,β-unsaturated/α-hetero) is 2. The van der Waals surface area contributed by atoms with Gasteiger partial charge in [0, 0.05) is 30.9 Å². The molecule has 0 aliphatic heterocycles. The maximum Gasteiger partial charge on any atom is 0.137 e. The second-order valence-electron chi connectivity index (χ2n) is 8.49. The van der Waals surface area contributed by atoms with Crippen molar-refractivity contribution in [2.45, 2.75) is 78.1 Å². The Bertz CT molecular complexity index is 512. The molecule has 0 aromatic rings. The first-order chi connectivity index (χ1) is 11.0. The predicted octanol–water partition coefficient (Wildman–Crippen LogP) is 4.58. The number of carbonyl (C=O) groups excluding carboxylic acids is 2. The summed E-state index contributed by atoms with van der Waals surface area (Å²) in [5.41, 5.74) is 0.829.